The number of para-hydroxylation sites is 1. The summed E-state index contributed by atoms with van der Waals surface area (Å²) in [5, 5.41) is 2.59. The predicted octanol–water partition coefficient (Wildman–Crippen LogP) is 5.56. The van der Waals surface area contributed by atoms with Crippen LogP contribution in [-0.2, 0) is 6.54 Å². The van der Waals surface area contributed by atoms with Crippen molar-refractivity contribution in [2.45, 2.75) is 26.4 Å². The Hall–Kier alpha value is -2.21. The average molecular weight is 399 g/mol. The molecular weight excluding hydrogens is 380 g/mol. The maximum Gasteiger partial charge on any atom is 0.336 e. The Morgan fingerprint density at radius 2 is 2.04 bits per heavy atom. The van der Waals surface area contributed by atoms with Crippen molar-refractivity contribution in [2.24, 2.45) is 0 Å². The summed E-state index contributed by atoms with van der Waals surface area (Å²) in [5.74, 6) is 0. The third-order valence-electron chi connectivity index (χ3n) is 4.86. The smallest absolute Gasteiger partial charge is 0.336 e. The fraction of sp³-hybridized carbons (Fsp3) is 0.238. The molecule has 0 aliphatic rings. The molecule has 0 fully saturated rings. The molecule has 0 aliphatic carbocycles. The zero-order valence-corrected chi connectivity index (χ0v) is 16.9. The highest BCUT2D eigenvalue weighted by Gasteiger charge is 2.18. The number of halogens is 1. The molecule has 0 saturated heterocycles. The molecule has 0 spiro atoms. The molecule has 1 atom stereocenters. The van der Waals surface area contributed by atoms with Gasteiger partial charge in [0.1, 0.15) is 10.6 Å². The highest BCUT2D eigenvalue weighted by molar-refractivity contribution is 7.18. The number of nitrogens with zero attached hydrogens (tertiary/aromatic N) is 2. The van der Waals surface area contributed by atoms with E-state index >= 15 is 0 Å². The van der Waals surface area contributed by atoms with E-state index in [4.69, 9.17) is 21.0 Å². The minimum absolute atomic E-state index is 0.116. The Balaban J connectivity index is 1.68. The molecule has 0 saturated carbocycles. The highest BCUT2D eigenvalue weighted by Crippen LogP contribution is 2.31. The second-order valence-electron chi connectivity index (χ2n) is 6.80. The van der Waals surface area contributed by atoms with Gasteiger partial charge in [-0.25, -0.2) is 9.78 Å². The second-order valence-corrected chi connectivity index (χ2v) is 8.27. The van der Waals surface area contributed by atoms with E-state index in [1.807, 2.05) is 44.3 Å². The van der Waals surface area contributed by atoms with Gasteiger partial charge in [-0.3, -0.25) is 4.90 Å². The quantitative estimate of drug-likeness (QED) is 0.422. The Labute approximate surface area is 166 Å². The van der Waals surface area contributed by atoms with Gasteiger partial charge in [0.2, 0.25) is 0 Å². The third kappa shape index (κ3) is 3.50. The topological polar surface area (TPSA) is 46.3 Å². The molecule has 4 rings (SSSR count). The largest absolute Gasteiger partial charge is 0.423 e. The van der Waals surface area contributed by atoms with Crippen molar-refractivity contribution in [1.82, 2.24) is 9.88 Å². The number of aromatic nitrogens is 1. The van der Waals surface area contributed by atoms with Gasteiger partial charge in [0.05, 0.1) is 16.3 Å². The average Bonchev–Trinajstić information content (AvgIpc) is 3.06. The SMILES string of the molecule is Cc1cc2oc(=O)cc(CN(C)[C@@H](C)c3nc4ccccc4s3)c2cc1Cl. The van der Waals surface area contributed by atoms with Gasteiger partial charge in [-0.2, -0.15) is 0 Å². The van der Waals surface area contributed by atoms with E-state index in [9.17, 15) is 4.79 Å². The lowest BCUT2D eigenvalue weighted by atomic mass is 10.1. The molecule has 0 aliphatic heterocycles. The van der Waals surface area contributed by atoms with Crippen LogP contribution in [0, 0.1) is 6.92 Å². The van der Waals surface area contributed by atoms with E-state index in [0.29, 0.717) is 17.2 Å². The number of thiazole rings is 1. The lowest BCUT2D eigenvalue weighted by molar-refractivity contribution is 0.253. The summed E-state index contributed by atoms with van der Waals surface area (Å²) >= 11 is 8.00. The summed E-state index contributed by atoms with van der Waals surface area (Å²) in [6.07, 6.45) is 0. The summed E-state index contributed by atoms with van der Waals surface area (Å²) in [6, 6.07) is 13.5. The van der Waals surface area contributed by atoms with Crippen LogP contribution in [0.25, 0.3) is 21.2 Å². The Morgan fingerprint density at radius 1 is 1.26 bits per heavy atom. The Morgan fingerprint density at radius 3 is 2.81 bits per heavy atom. The van der Waals surface area contributed by atoms with Gasteiger partial charge >= 0.3 is 5.63 Å². The minimum Gasteiger partial charge on any atom is -0.423 e. The minimum atomic E-state index is -0.347. The molecule has 4 aromatic rings. The van der Waals surface area contributed by atoms with Crippen LogP contribution in [0.15, 0.2) is 51.7 Å². The fourth-order valence-corrected chi connectivity index (χ4v) is 4.39. The highest BCUT2D eigenvalue weighted by atomic mass is 35.5. The van der Waals surface area contributed by atoms with E-state index < -0.39 is 0 Å². The summed E-state index contributed by atoms with van der Waals surface area (Å²) in [6.45, 7) is 4.62. The van der Waals surface area contributed by atoms with Crippen molar-refractivity contribution in [3.63, 3.8) is 0 Å². The molecule has 0 amide bonds. The van der Waals surface area contributed by atoms with Crippen LogP contribution >= 0.6 is 22.9 Å². The van der Waals surface area contributed by atoms with Gasteiger partial charge < -0.3 is 4.42 Å². The first kappa shape index (κ1) is 18.2. The van der Waals surface area contributed by atoms with Crippen LogP contribution in [0.2, 0.25) is 5.02 Å². The molecule has 0 radical (unpaired) electrons. The van der Waals surface area contributed by atoms with E-state index in [1.54, 1.807) is 17.4 Å². The van der Waals surface area contributed by atoms with Crippen LogP contribution in [0.1, 0.15) is 29.1 Å². The normalized spacial score (nSPS) is 12.9. The van der Waals surface area contributed by atoms with Crippen molar-refractivity contribution in [3.8, 4) is 0 Å². The maximum absolute atomic E-state index is 12.0. The predicted molar refractivity (Wildman–Crippen MR) is 112 cm³/mol. The first-order chi connectivity index (χ1) is 12.9. The molecule has 2 heterocycles. The fourth-order valence-electron chi connectivity index (χ4n) is 3.14. The summed E-state index contributed by atoms with van der Waals surface area (Å²) < 4.78 is 6.54. The lowest BCUT2D eigenvalue weighted by Gasteiger charge is -2.23. The Bertz CT molecular complexity index is 1160. The molecule has 2 aromatic heterocycles. The van der Waals surface area contributed by atoms with E-state index in [0.717, 1.165) is 27.0 Å². The number of rotatable bonds is 4. The summed E-state index contributed by atoms with van der Waals surface area (Å²) in [7, 11) is 2.03. The standard InChI is InChI=1S/C21H19ClN2O2S/c1-12-8-18-15(10-16(12)22)14(9-20(25)26-18)11-24(3)13(2)21-23-17-6-4-5-7-19(17)27-21/h4-10,13H,11H2,1-3H3/t13-/m0/s1. The van der Waals surface area contributed by atoms with Gasteiger partial charge in [0.25, 0.3) is 0 Å². The first-order valence-corrected chi connectivity index (χ1v) is 9.90. The van der Waals surface area contributed by atoms with Crippen molar-refractivity contribution in [1.29, 1.82) is 0 Å². The van der Waals surface area contributed by atoms with E-state index in [2.05, 4.69) is 17.9 Å². The number of fused-ring (bicyclic) bond motifs is 2. The summed E-state index contributed by atoms with van der Waals surface area (Å²) in [4.78, 5) is 18.9. The monoisotopic (exact) mass is 398 g/mol. The van der Waals surface area contributed by atoms with Crippen LogP contribution in [0.3, 0.4) is 0 Å². The second kappa shape index (κ2) is 7.08. The lowest BCUT2D eigenvalue weighted by Crippen LogP contribution is -2.22. The summed E-state index contributed by atoms with van der Waals surface area (Å²) in [5.41, 5.74) is 3.03. The molecule has 0 bridgehead atoms. The molecule has 27 heavy (non-hydrogen) atoms. The molecule has 0 unspecified atom stereocenters. The molecule has 138 valence electrons. The van der Waals surface area contributed by atoms with Crippen molar-refractivity contribution < 1.29 is 4.42 Å². The molecular formula is C21H19ClN2O2S. The van der Waals surface area contributed by atoms with Crippen LogP contribution in [0.5, 0.6) is 0 Å². The zero-order valence-electron chi connectivity index (χ0n) is 15.3. The van der Waals surface area contributed by atoms with Crippen LogP contribution in [0.4, 0.5) is 0 Å². The molecule has 6 heteroatoms. The number of benzene rings is 2. The first-order valence-electron chi connectivity index (χ1n) is 8.71. The van der Waals surface area contributed by atoms with Gasteiger partial charge in [-0.1, -0.05) is 23.7 Å². The van der Waals surface area contributed by atoms with Crippen LogP contribution < -0.4 is 5.63 Å². The van der Waals surface area contributed by atoms with Gasteiger partial charge in [-0.05, 0) is 56.3 Å². The van der Waals surface area contributed by atoms with Crippen molar-refractivity contribution in [2.75, 3.05) is 7.05 Å². The van der Waals surface area contributed by atoms with Gasteiger partial charge in [0.15, 0.2) is 0 Å². The maximum atomic E-state index is 12.0. The molecule has 4 nitrogen and oxygen atoms in total. The number of aryl methyl sites for hydroxylation is 1. The zero-order chi connectivity index (χ0) is 19.1. The molecule has 2 aromatic carbocycles. The van der Waals surface area contributed by atoms with Gasteiger partial charge in [-0.15, -0.1) is 11.3 Å². The van der Waals surface area contributed by atoms with Crippen molar-refractivity contribution >= 4 is 44.1 Å². The van der Waals surface area contributed by atoms with E-state index in [-0.39, 0.29) is 11.7 Å². The van der Waals surface area contributed by atoms with E-state index in [1.165, 1.54) is 4.70 Å². The van der Waals surface area contributed by atoms with Gasteiger partial charge in [0, 0.05) is 23.0 Å². The van der Waals surface area contributed by atoms with Crippen LogP contribution in [-0.4, -0.2) is 16.9 Å². The number of hydrogen-bond donors (Lipinski definition) is 0. The Kier molecular flexibility index (Phi) is 4.76. The number of hydrogen-bond acceptors (Lipinski definition) is 5. The third-order valence-corrected chi connectivity index (χ3v) is 6.47. The molecule has 0 N–H and O–H groups in total. The van der Waals surface area contributed by atoms with Crippen molar-refractivity contribution in [3.05, 3.63) is 74.0 Å².